The molecule has 0 saturated carbocycles. The summed E-state index contributed by atoms with van der Waals surface area (Å²) in [6.45, 7) is 7.02. The number of hydrogen-bond donors (Lipinski definition) is 3. The lowest BCUT2D eigenvalue weighted by molar-refractivity contribution is -0.161. The molecule has 0 aliphatic heterocycles. The van der Waals surface area contributed by atoms with Gasteiger partial charge in [-0.3, -0.25) is 37.3 Å². The highest BCUT2D eigenvalue weighted by atomic mass is 31.2. The molecular weight excluding hydrogens is 1110 g/mol. The fourth-order valence-corrected chi connectivity index (χ4v) is 10.8. The number of phosphoric acid groups is 2. The molecule has 0 radical (unpaired) electrons. The van der Waals surface area contributed by atoms with Gasteiger partial charge < -0.3 is 33.8 Å². The van der Waals surface area contributed by atoms with Gasteiger partial charge in [-0.15, -0.1) is 0 Å². The first kappa shape index (κ1) is 81.5. The van der Waals surface area contributed by atoms with Crippen LogP contribution in [0.15, 0.2) is 24.3 Å². The maximum Gasteiger partial charge on any atom is 0.472 e. The maximum absolute atomic E-state index is 13.0. The minimum Gasteiger partial charge on any atom is -0.462 e. The minimum absolute atomic E-state index is 0.100. The van der Waals surface area contributed by atoms with E-state index in [9.17, 15) is 43.2 Å². The van der Waals surface area contributed by atoms with Crippen LogP contribution in [0.4, 0.5) is 0 Å². The van der Waals surface area contributed by atoms with Gasteiger partial charge >= 0.3 is 39.5 Å². The van der Waals surface area contributed by atoms with E-state index in [4.69, 9.17) is 37.0 Å². The molecule has 0 aromatic carbocycles. The van der Waals surface area contributed by atoms with E-state index in [-0.39, 0.29) is 25.7 Å². The Morgan fingerprint density at radius 1 is 0.369 bits per heavy atom. The van der Waals surface area contributed by atoms with Crippen molar-refractivity contribution < 1.29 is 80.2 Å². The summed E-state index contributed by atoms with van der Waals surface area (Å²) in [4.78, 5) is 71.8. The van der Waals surface area contributed by atoms with Crippen molar-refractivity contribution in [3.05, 3.63) is 24.3 Å². The highest BCUT2D eigenvalue weighted by Gasteiger charge is 2.30. The quantitative estimate of drug-likeness (QED) is 0.0169. The number of phosphoric ester groups is 2. The van der Waals surface area contributed by atoms with Crippen molar-refractivity contribution in [2.75, 3.05) is 39.6 Å². The van der Waals surface area contributed by atoms with Crippen LogP contribution in [0, 0.1) is 5.92 Å². The van der Waals surface area contributed by atoms with Crippen molar-refractivity contribution >= 4 is 39.5 Å². The van der Waals surface area contributed by atoms with E-state index in [1.165, 1.54) is 89.9 Å². The summed E-state index contributed by atoms with van der Waals surface area (Å²) in [5.41, 5.74) is 0. The zero-order valence-electron chi connectivity index (χ0n) is 53.5. The summed E-state index contributed by atoms with van der Waals surface area (Å²) in [6.07, 6.45) is 45.8. The van der Waals surface area contributed by atoms with Crippen LogP contribution in [0.1, 0.15) is 304 Å². The van der Waals surface area contributed by atoms with Crippen molar-refractivity contribution in [1.29, 1.82) is 0 Å². The average molecular weight is 1240 g/mol. The minimum atomic E-state index is -4.95. The lowest BCUT2D eigenvalue weighted by atomic mass is 10.0. The molecule has 17 nitrogen and oxygen atoms in total. The zero-order chi connectivity index (χ0) is 62.0. The molecule has 84 heavy (non-hydrogen) atoms. The lowest BCUT2D eigenvalue weighted by Crippen LogP contribution is -2.30. The second kappa shape index (κ2) is 58.2. The van der Waals surface area contributed by atoms with E-state index in [1.54, 1.807) is 0 Å². The molecule has 0 bridgehead atoms. The third-order valence-corrected chi connectivity index (χ3v) is 16.3. The van der Waals surface area contributed by atoms with Gasteiger partial charge in [-0.05, 0) is 57.3 Å². The molecular formula is C65H122O17P2. The first-order chi connectivity index (χ1) is 40.5. The Morgan fingerprint density at radius 3 is 0.976 bits per heavy atom. The number of carbonyl (C=O) groups is 4. The summed E-state index contributed by atoms with van der Waals surface area (Å²) in [5.74, 6) is -1.38. The molecule has 5 atom stereocenters. The van der Waals surface area contributed by atoms with Crippen LogP contribution >= 0.6 is 15.6 Å². The topological polar surface area (TPSA) is 237 Å². The average Bonchev–Trinajstić information content (AvgIpc) is 3.56. The number of hydrogen-bond acceptors (Lipinski definition) is 15. The maximum atomic E-state index is 13.0. The molecule has 494 valence electrons. The molecule has 0 aliphatic rings. The number of aliphatic hydroxyl groups excluding tert-OH is 1. The highest BCUT2D eigenvalue weighted by Crippen LogP contribution is 2.45. The number of esters is 4. The summed E-state index contributed by atoms with van der Waals surface area (Å²) >= 11 is 0. The van der Waals surface area contributed by atoms with Crippen LogP contribution in [0.3, 0.4) is 0 Å². The SMILES string of the molecule is CCCCCC/C=C\C=C/CCCCCCCC(=O)OC[C@H](COP(=O)(O)OC[C@@H](O)COP(=O)(O)OC[C@@H](COC(=O)CCCCCCC)OC(=O)CCCCCCCCC)OC(=O)CCCCCCCCCCCCCCCCC(C)C. The van der Waals surface area contributed by atoms with Crippen molar-refractivity contribution in [2.45, 2.75) is 323 Å². The summed E-state index contributed by atoms with van der Waals surface area (Å²) in [7, 11) is -9.88. The Bertz CT molecular complexity index is 1730. The van der Waals surface area contributed by atoms with Crippen molar-refractivity contribution in [3.63, 3.8) is 0 Å². The number of ether oxygens (including phenoxy) is 4. The van der Waals surface area contributed by atoms with Crippen LogP contribution < -0.4 is 0 Å². The molecule has 3 N–H and O–H groups in total. The predicted molar refractivity (Wildman–Crippen MR) is 335 cm³/mol. The molecule has 0 rings (SSSR count). The van der Waals surface area contributed by atoms with Crippen LogP contribution in [-0.4, -0.2) is 96.7 Å². The second-order valence-corrected chi connectivity index (χ2v) is 26.2. The Morgan fingerprint density at radius 2 is 0.643 bits per heavy atom. The summed E-state index contributed by atoms with van der Waals surface area (Å²) in [6, 6.07) is 0. The molecule has 0 spiro atoms. The van der Waals surface area contributed by atoms with Gasteiger partial charge in [0, 0.05) is 25.7 Å². The molecule has 0 aliphatic carbocycles. The van der Waals surface area contributed by atoms with Gasteiger partial charge in [0.15, 0.2) is 12.2 Å². The monoisotopic (exact) mass is 1240 g/mol. The van der Waals surface area contributed by atoms with Crippen LogP contribution in [0.5, 0.6) is 0 Å². The highest BCUT2D eigenvalue weighted by molar-refractivity contribution is 7.47. The van der Waals surface area contributed by atoms with Crippen LogP contribution in [0.2, 0.25) is 0 Å². The number of allylic oxidation sites excluding steroid dienone is 4. The number of rotatable bonds is 63. The van der Waals surface area contributed by atoms with Gasteiger partial charge in [0.25, 0.3) is 0 Å². The Balaban J connectivity index is 5.17. The van der Waals surface area contributed by atoms with E-state index in [0.29, 0.717) is 25.7 Å². The van der Waals surface area contributed by atoms with Gasteiger partial charge in [0.2, 0.25) is 0 Å². The normalized spacial score (nSPS) is 14.4. The first-order valence-corrected chi connectivity index (χ1v) is 36.4. The van der Waals surface area contributed by atoms with Gasteiger partial charge in [-0.25, -0.2) is 9.13 Å². The second-order valence-electron chi connectivity index (χ2n) is 23.3. The van der Waals surface area contributed by atoms with E-state index in [2.05, 4.69) is 58.9 Å². The standard InChI is InChI=1S/C65H122O17P2/c1-6-9-12-15-17-18-19-20-21-25-28-31-35-39-44-49-63(68)76-55-61(82-65(70)51-46-41-36-32-29-26-23-22-24-27-30-34-38-42-47-58(4)5)57-80-84(73,74)78-53-59(66)52-77-83(71,72)79-56-60(54-75-62(67)48-43-37-14-11-8-3)81-64(69)50-45-40-33-16-13-10-7-2/h18-21,58-61,66H,6-17,22-57H2,1-5H3,(H,71,72)(H,73,74)/b19-18-,21-20-/t59-,60+,61+/m0/s1. The van der Waals surface area contributed by atoms with Gasteiger partial charge in [0.1, 0.15) is 19.3 Å². The summed E-state index contributed by atoms with van der Waals surface area (Å²) in [5, 5.41) is 10.5. The summed E-state index contributed by atoms with van der Waals surface area (Å²) < 4.78 is 67.7. The molecule has 0 amide bonds. The van der Waals surface area contributed by atoms with Crippen LogP contribution in [-0.2, 0) is 65.4 Å². The molecule has 0 aromatic heterocycles. The van der Waals surface area contributed by atoms with E-state index in [1.807, 2.05) is 0 Å². The van der Waals surface area contributed by atoms with Crippen molar-refractivity contribution in [3.8, 4) is 0 Å². The van der Waals surface area contributed by atoms with Gasteiger partial charge in [0.05, 0.1) is 26.4 Å². The largest absolute Gasteiger partial charge is 0.472 e. The van der Waals surface area contributed by atoms with E-state index in [0.717, 1.165) is 134 Å². The number of unbranched alkanes of at least 4 members (excludes halogenated alkanes) is 32. The number of aliphatic hydroxyl groups is 1. The van der Waals surface area contributed by atoms with Crippen molar-refractivity contribution in [2.24, 2.45) is 5.92 Å². The smallest absolute Gasteiger partial charge is 0.462 e. The zero-order valence-corrected chi connectivity index (χ0v) is 55.3. The predicted octanol–water partition coefficient (Wildman–Crippen LogP) is 17.7. The van der Waals surface area contributed by atoms with E-state index < -0.39 is 97.5 Å². The Hall–Kier alpha value is -2.46. The molecule has 0 heterocycles. The fraction of sp³-hybridized carbons (Fsp3) is 0.877. The van der Waals surface area contributed by atoms with E-state index >= 15 is 0 Å². The number of carbonyl (C=O) groups excluding carboxylic acids is 4. The molecule has 19 heteroatoms. The van der Waals surface area contributed by atoms with Crippen molar-refractivity contribution in [1.82, 2.24) is 0 Å². The third-order valence-electron chi connectivity index (χ3n) is 14.4. The molecule has 0 fully saturated rings. The Kier molecular flexibility index (Phi) is 56.5. The van der Waals surface area contributed by atoms with Gasteiger partial charge in [-0.2, -0.15) is 0 Å². The Labute approximate surface area is 510 Å². The fourth-order valence-electron chi connectivity index (χ4n) is 9.22. The first-order valence-electron chi connectivity index (χ1n) is 33.5. The third kappa shape index (κ3) is 58.6. The molecule has 0 aromatic rings. The molecule has 0 saturated heterocycles. The lowest BCUT2D eigenvalue weighted by Gasteiger charge is -2.21. The van der Waals surface area contributed by atoms with Crippen LogP contribution in [0.25, 0.3) is 0 Å². The molecule has 2 unspecified atom stereocenters. The van der Waals surface area contributed by atoms with Gasteiger partial charge in [-0.1, -0.05) is 252 Å².